The largest absolute Gasteiger partial charge is 0.462 e. The van der Waals surface area contributed by atoms with Gasteiger partial charge in [0.15, 0.2) is 0 Å². The zero-order valence-electron chi connectivity index (χ0n) is 14.4. The Kier molecular flexibility index (Phi) is 5.69. The number of esters is 1. The maximum Gasteiger partial charge on any atom is 0.338 e. The fourth-order valence-electron chi connectivity index (χ4n) is 2.99. The van der Waals surface area contributed by atoms with E-state index in [0.29, 0.717) is 19.4 Å². The first-order valence-electron chi connectivity index (χ1n) is 8.63. The molecule has 2 fully saturated rings. The van der Waals surface area contributed by atoms with Crippen LogP contribution in [0.15, 0.2) is 27.6 Å². The summed E-state index contributed by atoms with van der Waals surface area (Å²) in [6.45, 7) is 2.24. The SMILES string of the molecule is CCOC(=O)c1ccc(S(=O)(=O)N2CCC[C@@H]2C(=O)NC2CC2)c(Br)c1. The quantitative estimate of drug-likeness (QED) is 0.677. The zero-order chi connectivity index (χ0) is 18.9. The number of carbonyl (C=O) groups is 2. The molecule has 1 aliphatic heterocycles. The van der Waals surface area contributed by atoms with Crippen molar-refractivity contribution in [3.05, 3.63) is 28.2 Å². The van der Waals surface area contributed by atoms with E-state index in [1.807, 2.05) is 0 Å². The van der Waals surface area contributed by atoms with Crippen LogP contribution in [0.2, 0.25) is 0 Å². The van der Waals surface area contributed by atoms with Crippen LogP contribution in [0.5, 0.6) is 0 Å². The van der Waals surface area contributed by atoms with Gasteiger partial charge >= 0.3 is 5.97 Å². The molecule has 1 atom stereocenters. The average Bonchev–Trinajstić information content (AvgIpc) is 3.25. The number of nitrogens with one attached hydrogen (secondary N) is 1. The molecule has 1 N–H and O–H groups in total. The Morgan fingerprint density at radius 3 is 2.65 bits per heavy atom. The number of halogens is 1. The van der Waals surface area contributed by atoms with Gasteiger partial charge in [0, 0.05) is 17.1 Å². The molecular formula is C17H21BrN2O5S. The predicted octanol–water partition coefficient (Wildman–Crippen LogP) is 2.06. The lowest BCUT2D eigenvalue weighted by Gasteiger charge is -2.24. The van der Waals surface area contributed by atoms with Crippen LogP contribution in [0.3, 0.4) is 0 Å². The summed E-state index contributed by atoms with van der Waals surface area (Å²) < 4.78 is 32.6. The van der Waals surface area contributed by atoms with E-state index in [-0.39, 0.29) is 33.5 Å². The van der Waals surface area contributed by atoms with Gasteiger partial charge in [-0.1, -0.05) is 0 Å². The van der Waals surface area contributed by atoms with Gasteiger partial charge in [0.1, 0.15) is 6.04 Å². The summed E-state index contributed by atoms with van der Waals surface area (Å²) in [5.41, 5.74) is 0.266. The summed E-state index contributed by atoms with van der Waals surface area (Å²) in [6.07, 6.45) is 3.05. The fourth-order valence-corrected chi connectivity index (χ4v) is 5.69. The molecule has 7 nitrogen and oxygen atoms in total. The van der Waals surface area contributed by atoms with Crippen molar-refractivity contribution in [3.8, 4) is 0 Å². The van der Waals surface area contributed by atoms with E-state index in [2.05, 4.69) is 21.2 Å². The molecule has 1 saturated carbocycles. The normalized spacial score (nSPS) is 20.8. The van der Waals surface area contributed by atoms with E-state index in [1.165, 1.54) is 22.5 Å². The summed E-state index contributed by atoms with van der Waals surface area (Å²) in [5, 5.41) is 2.88. The van der Waals surface area contributed by atoms with Crippen molar-refractivity contribution in [2.75, 3.05) is 13.2 Å². The highest BCUT2D eigenvalue weighted by atomic mass is 79.9. The van der Waals surface area contributed by atoms with Gasteiger partial charge in [-0.2, -0.15) is 4.31 Å². The standard InChI is InChI=1S/C17H21BrN2O5S/c1-2-25-17(22)11-5-8-15(13(18)10-11)26(23,24)20-9-3-4-14(20)16(21)19-12-6-7-12/h5,8,10,12,14H,2-4,6-7,9H2,1H3,(H,19,21)/t14-/m1/s1. The van der Waals surface area contributed by atoms with Crippen LogP contribution in [0, 0.1) is 0 Å². The Morgan fingerprint density at radius 1 is 1.31 bits per heavy atom. The predicted molar refractivity (Wildman–Crippen MR) is 98.2 cm³/mol. The second-order valence-corrected chi connectivity index (χ2v) is 9.14. The van der Waals surface area contributed by atoms with E-state index in [4.69, 9.17) is 4.74 Å². The first-order valence-corrected chi connectivity index (χ1v) is 10.9. The Morgan fingerprint density at radius 2 is 2.04 bits per heavy atom. The minimum atomic E-state index is -3.86. The van der Waals surface area contributed by atoms with E-state index < -0.39 is 22.0 Å². The van der Waals surface area contributed by atoms with Crippen LogP contribution in [0.4, 0.5) is 0 Å². The van der Waals surface area contributed by atoms with Gasteiger partial charge in [-0.15, -0.1) is 0 Å². The maximum absolute atomic E-state index is 13.1. The third-order valence-electron chi connectivity index (χ3n) is 4.46. The topological polar surface area (TPSA) is 92.8 Å². The van der Waals surface area contributed by atoms with E-state index in [1.54, 1.807) is 6.92 Å². The van der Waals surface area contributed by atoms with Gasteiger partial charge in [0.25, 0.3) is 0 Å². The van der Waals surface area contributed by atoms with Gasteiger partial charge in [-0.3, -0.25) is 4.79 Å². The second-order valence-electron chi connectivity index (χ2n) is 6.42. The Bertz CT molecular complexity index is 822. The minimum Gasteiger partial charge on any atom is -0.462 e. The number of benzene rings is 1. The monoisotopic (exact) mass is 444 g/mol. The lowest BCUT2D eigenvalue weighted by Crippen LogP contribution is -2.46. The summed E-state index contributed by atoms with van der Waals surface area (Å²) >= 11 is 3.24. The average molecular weight is 445 g/mol. The Labute approximate surface area is 161 Å². The molecular weight excluding hydrogens is 424 g/mol. The number of nitrogens with zero attached hydrogens (tertiary/aromatic N) is 1. The van der Waals surface area contributed by atoms with Crippen molar-refractivity contribution < 1.29 is 22.7 Å². The number of hydrogen-bond donors (Lipinski definition) is 1. The molecule has 142 valence electrons. The van der Waals surface area contributed by atoms with Crippen molar-refractivity contribution in [2.45, 2.75) is 49.6 Å². The number of carbonyl (C=O) groups excluding carboxylic acids is 2. The lowest BCUT2D eigenvalue weighted by molar-refractivity contribution is -0.124. The fraction of sp³-hybridized carbons (Fsp3) is 0.529. The number of sulfonamides is 1. The Balaban J connectivity index is 1.84. The molecule has 9 heteroatoms. The summed E-state index contributed by atoms with van der Waals surface area (Å²) in [7, 11) is -3.86. The molecule has 1 heterocycles. The molecule has 1 saturated heterocycles. The highest BCUT2D eigenvalue weighted by Gasteiger charge is 2.41. The van der Waals surface area contributed by atoms with Crippen LogP contribution >= 0.6 is 15.9 Å². The molecule has 0 spiro atoms. The highest BCUT2D eigenvalue weighted by Crippen LogP contribution is 2.32. The molecule has 1 aromatic rings. The molecule has 26 heavy (non-hydrogen) atoms. The Hall–Kier alpha value is -1.45. The van der Waals surface area contributed by atoms with Gasteiger partial charge in [0.05, 0.1) is 17.1 Å². The van der Waals surface area contributed by atoms with Gasteiger partial charge in [-0.25, -0.2) is 13.2 Å². The van der Waals surface area contributed by atoms with Crippen molar-refractivity contribution >= 4 is 37.8 Å². The van der Waals surface area contributed by atoms with Crippen LogP contribution in [-0.2, 0) is 19.6 Å². The summed E-state index contributed by atoms with van der Waals surface area (Å²) in [6, 6.07) is 3.73. The number of ether oxygens (including phenoxy) is 1. The molecule has 0 radical (unpaired) electrons. The van der Waals surface area contributed by atoms with Gasteiger partial charge < -0.3 is 10.1 Å². The molecule has 0 aromatic heterocycles. The zero-order valence-corrected chi connectivity index (χ0v) is 16.8. The number of hydrogen-bond acceptors (Lipinski definition) is 5. The molecule has 2 aliphatic rings. The minimum absolute atomic E-state index is 0.0386. The second kappa shape index (κ2) is 7.66. The molecule has 1 aliphatic carbocycles. The van der Waals surface area contributed by atoms with Crippen molar-refractivity contribution in [1.29, 1.82) is 0 Å². The molecule has 0 bridgehead atoms. The molecule has 0 unspecified atom stereocenters. The van der Waals surface area contributed by atoms with Gasteiger partial charge in [0.2, 0.25) is 15.9 Å². The smallest absolute Gasteiger partial charge is 0.338 e. The molecule has 1 aromatic carbocycles. The highest BCUT2D eigenvalue weighted by molar-refractivity contribution is 9.10. The number of amides is 1. The first kappa shape index (κ1) is 19.3. The number of rotatable bonds is 6. The summed E-state index contributed by atoms with van der Waals surface area (Å²) in [4.78, 5) is 24.2. The van der Waals surface area contributed by atoms with Crippen LogP contribution in [-0.4, -0.2) is 49.8 Å². The van der Waals surface area contributed by atoms with Gasteiger partial charge in [-0.05, 0) is 66.7 Å². The van der Waals surface area contributed by atoms with E-state index in [0.717, 1.165) is 12.8 Å². The van der Waals surface area contributed by atoms with Crippen molar-refractivity contribution in [3.63, 3.8) is 0 Å². The lowest BCUT2D eigenvalue weighted by atomic mass is 10.2. The van der Waals surface area contributed by atoms with E-state index in [9.17, 15) is 18.0 Å². The van der Waals surface area contributed by atoms with E-state index >= 15 is 0 Å². The maximum atomic E-state index is 13.1. The van der Waals surface area contributed by atoms with Crippen LogP contribution < -0.4 is 5.32 Å². The van der Waals surface area contributed by atoms with Crippen LogP contribution in [0.1, 0.15) is 43.0 Å². The third-order valence-corrected chi connectivity index (χ3v) is 7.34. The van der Waals surface area contributed by atoms with Crippen molar-refractivity contribution in [1.82, 2.24) is 9.62 Å². The first-order chi connectivity index (χ1) is 12.3. The van der Waals surface area contributed by atoms with Crippen LogP contribution in [0.25, 0.3) is 0 Å². The van der Waals surface area contributed by atoms with Crippen molar-refractivity contribution in [2.24, 2.45) is 0 Å². The summed E-state index contributed by atoms with van der Waals surface area (Å²) in [5.74, 6) is -0.743. The third kappa shape index (κ3) is 3.94. The molecule has 3 rings (SSSR count). The molecule has 1 amide bonds.